The highest BCUT2D eigenvalue weighted by atomic mass is 32.1. The molecule has 31 heavy (non-hydrogen) atoms. The Labute approximate surface area is 186 Å². The number of fused-ring (bicyclic) bond motifs is 1. The van der Waals surface area contributed by atoms with Gasteiger partial charge in [0, 0.05) is 10.9 Å². The maximum absolute atomic E-state index is 13.4. The fraction of sp³-hybridized carbons (Fsp3) is 0.0800. The largest absolute Gasteiger partial charge is 0.374 e. The number of hydrazine groups is 1. The quantitative estimate of drug-likeness (QED) is 0.360. The van der Waals surface area contributed by atoms with E-state index < -0.39 is 0 Å². The molecule has 0 fully saturated rings. The van der Waals surface area contributed by atoms with Gasteiger partial charge in [-0.2, -0.15) is 0 Å². The Morgan fingerprint density at radius 3 is 2.35 bits per heavy atom. The summed E-state index contributed by atoms with van der Waals surface area (Å²) >= 11 is 5.22. The number of aryl methyl sites for hydroxylation is 2. The number of rotatable bonds is 3. The number of pyridine rings is 1. The number of nitrogens with one attached hydrogen (secondary N) is 1. The maximum atomic E-state index is 13.4. The molecular weight excluding hydrogens is 404 g/mol. The first-order valence-corrected chi connectivity index (χ1v) is 10.3. The molecular formula is C25H22N4OS. The Bertz CT molecular complexity index is 1290. The average molecular weight is 427 g/mol. The number of hydrogen-bond acceptors (Lipinski definition) is 3. The highest BCUT2D eigenvalue weighted by Gasteiger charge is 2.19. The molecule has 1 amide bonds. The molecule has 0 saturated carbocycles. The van der Waals surface area contributed by atoms with E-state index in [9.17, 15) is 4.79 Å². The van der Waals surface area contributed by atoms with Crippen molar-refractivity contribution in [3.05, 3.63) is 95.6 Å². The van der Waals surface area contributed by atoms with Gasteiger partial charge in [0.2, 0.25) is 0 Å². The molecule has 5 nitrogen and oxygen atoms in total. The lowest BCUT2D eigenvalue weighted by Crippen LogP contribution is -2.49. The van der Waals surface area contributed by atoms with Crippen molar-refractivity contribution in [2.45, 2.75) is 13.8 Å². The fourth-order valence-corrected chi connectivity index (χ4v) is 3.54. The van der Waals surface area contributed by atoms with E-state index >= 15 is 0 Å². The number of para-hydroxylation sites is 1. The standard InChI is InChI=1S/C25H22N4OS/c1-16-12-13-19(14-17(16)2)29(25(26)31)28-24(30)21-15-23(18-8-4-3-5-9-18)27-22-11-7-6-10-20(21)22/h3-15H,1-2H3,(H2,26,31)(H,28,30). The molecule has 0 aliphatic heterocycles. The van der Waals surface area contributed by atoms with E-state index in [0.717, 1.165) is 33.3 Å². The summed E-state index contributed by atoms with van der Waals surface area (Å²) < 4.78 is 0. The number of amides is 1. The van der Waals surface area contributed by atoms with Crippen molar-refractivity contribution in [3.8, 4) is 11.3 Å². The van der Waals surface area contributed by atoms with Gasteiger partial charge in [-0.3, -0.25) is 10.2 Å². The van der Waals surface area contributed by atoms with Crippen LogP contribution in [0.3, 0.4) is 0 Å². The zero-order chi connectivity index (χ0) is 22.0. The van der Waals surface area contributed by atoms with E-state index in [1.165, 1.54) is 5.01 Å². The predicted octanol–water partition coefficient (Wildman–Crippen LogP) is 4.91. The summed E-state index contributed by atoms with van der Waals surface area (Å²) in [6.45, 7) is 4.03. The number of hydrogen-bond donors (Lipinski definition) is 2. The van der Waals surface area contributed by atoms with Gasteiger partial charge in [0.15, 0.2) is 5.11 Å². The average Bonchev–Trinajstić information content (AvgIpc) is 2.79. The van der Waals surface area contributed by atoms with E-state index in [2.05, 4.69) is 5.43 Å². The lowest BCUT2D eigenvalue weighted by Gasteiger charge is -2.24. The summed E-state index contributed by atoms with van der Waals surface area (Å²) in [4.78, 5) is 18.1. The van der Waals surface area contributed by atoms with Gasteiger partial charge in [0.1, 0.15) is 0 Å². The van der Waals surface area contributed by atoms with Crippen molar-refractivity contribution in [1.29, 1.82) is 0 Å². The Morgan fingerprint density at radius 2 is 1.65 bits per heavy atom. The number of thiocarbonyl (C=S) groups is 1. The van der Waals surface area contributed by atoms with E-state index in [1.54, 1.807) is 6.07 Å². The van der Waals surface area contributed by atoms with Gasteiger partial charge in [0.25, 0.3) is 5.91 Å². The third kappa shape index (κ3) is 4.25. The summed E-state index contributed by atoms with van der Waals surface area (Å²) in [6, 6.07) is 24.9. The molecule has 1 heterocycles. The number of nitrogens with zero attached hydrogens (tertiary/aromatic N) is 2. The van der Waals surface area contributed by atoms with Gasteiger partial charge >= 0.3 is 0 Å². The number of benzene rings is 3. The number of carbonyl (C=O) groups is 1. The van der Waals surface area contributed by atoms with Crippen molar-refractivity contribution < 1.29 is 4.79 Å². The second kappa shape index (κ2) is 8.53. The Morgan fingerprint density at radius 1 is 0.935 bits per heavy atom. The summed E-state index contributed by atoms with van der Waals surface area (Å²) in [5.41, 5.74) is 14.6. The topological polar surface area (TPSA) is 71.2 Å². The SMILES string of the molecule is Cc1ccc(N(NC(=O)c2cc(-c3ccccc3)nc3ccccc23)C(N)=S)cc1C. The van der Waals surface area contributed by atoms with Gasteiger partial charge in [-0.05, 0) is 61.5 Å². The second-order valence-electron chi connectivity index (χ2n) is 7.32. The van der Waals surface area contributed by atoms with Crippen molar-refractivity contribution in [2.24, 2.45) is 5.73 Å². The first-order chi connectivity index (χ1) is 14.9. The number of anilines is 1. The monoisotopic (exact) mass is 426 g/mol. The number of nitrogens with two attached hydrogens (primary N) is 1. The number of aromatic nitrogens is 1. The van der Waals surface area contributed by atoms with E-state index in [1.807, 2.05) is 86.6 Å². The van der Waals surface area contributed by atoms with Gasteiger partial charge in [-0.1, -0.05) is 54.6 Å². The summed E-state index contributed by atoms with van der Waals surface area (Å²) in [5.74, 6) is -0.318. The van der Waals surface area contributed by atoms with Crippen molar-refractivity contribution in [2.75, 3.05) is 5.01 Å². The molecule has 6 heteroatoms. The molecule has 0 aliphatic rings. The van der Waals surface area contributed by atoms with Crippen LogP contribution in [0.5, 0.6) is 0 Å². The van der Waals surface area contributed by atoms with Crippen molar-refractivity contribution in [1.82, 2.24) is 10.4 Å². The van der Waals surface area contributed by atoms with Crippen LogP contribution in [0.25, 0.3) is 22.2 Å². The first-order valence-electron chi connectivity index (χ1n) is 9.87. The molecule has 4 aromatic rings. The minimum Gasteiger partial charge on any atom is -0.374 e. The molecule has 1 aromatic heterocycles. The summed E-state index contributed by atoms with van der Waals surface area (Å²) in [5, 5.41) is 2.24. The van der Waals surface area contributed by atoms with Crippen LogP contribution in [-0.4, -0.2) is 16.0 Å². The van der Waals surface area contributed by atoms with Crippen LogP contribution in [0.4, 0.5) is 5.69 Å². The van der Waals surface area contributed by atoms with Crippen LogP contribution < -0.4 is 16.2 Å². The highest BCUT2D eigenvalue weighted by molar-refractivity contribution is 7.80. The van der Waals surface area contributed by atoms with Crippen LogP contribution in [-0.2, 0) is 0 Å². The normalized spacial score (nSPS) is 10.6. The zero-order valence-electron chi connectivity index (χ0n) is 17.3. The van der Waals surface area contributed by atoms with Gasteiger partial charge < -0.3 is 5.73 Å². The third-order valence-electron chi connectivity index (χ3n) is 5.21. The first kappa shape index (κ1) is 20.5. The van der Waals surface area contributed by atoms with E-state index in [4.69, 9.17) is 22.9 Å². The molecule has 4 rings (SSSR count). The van der Waals surface area contributed by atoms with Gasteiger partial charge in [0.05, 0.1) is 22.5 Å². The van der Waals surface area contributed by atoms with Gasteiger partial charge in [-0.15, -0.1) is 0 Å². The van der Waals surface area contributed by atoms with Crippen molar-refractivity contribution >= 4 is 39.8 Å². The third-order valence-corrected chi connectivity index (χ3v) is 5.40. The molecule has 0 unspecified atom stereocenters. The highest BCUT2D eigenvalue weighted by Crippen LogP contribution is 2.25. The summed E-state index contributed by atoms with van der Waals surface area (Å²) in [7, 11) is 0. The lowest BCUT2D eigenvalue weighted by molar-refractivity contribution is 0.0956. The number of carbonyl (C=O) groups excluding carboxylic acids is 1. The molecule has 0 spiro atoms. The Balaban J connectivity index is 1.77. The van der Waals surface area contributed by atoms with Crippen LogP contribution in [0.1, 0.15) is 21.5 Å². The maximum Gasteiger partial charge on any atom is 0.270 e. The van der Waals surface area contributed by atoms with E-state index in [-0.39, 0.29) is 11.0 Å². The van der Waals surface area contributed by atoms with Crippen LogP contribution in [0, 0.1) is 13.8 Å². The molecule has 0 atom stereocenters. The lowest BCUT2D eigenvalue weighted by atomic mass is 10.0. The van der Waals surface area contributed by atoms with Crippen LogP contribution in [0.2, 0.25) is 0 Å². The summed E-state index contributed by atoms with van der Waals surface area (Å²) in [6.07, 6.45) is 0. The fourth-order valence-electron chi connectivity index (χ4n) is 3.39. The second-order valence-corrected chi connectivity index (χ2v) is 7.74. The van der Waals surface area contributed by atoms with Crippen LogP contribution >= 0.6 is 12.2 Å². The Hall–Kier alpha value is -3.77. The molecule has 0 saturated heterocycles. The smallest absolute Gasteiger partial charge is 0.270 e. The van der Waals surface area contributed by atoms with Gasteiger partial charge in [-0.25, -0.2) is 9.99 Å². The Kier molecular flexibility index (Phi) is 5.64. The molecule has 0 radical (unpaired) electrons. The molecule has 0 aliphatic carbocycles. The minimum absolute atomic E-state index is 0.0539. The van der Waals surface area contributed by atoms with E-state index in [0.29, 0.717) is 11.3 Å². The molecule has 0 bridgehead atoms. The predicted molar refractivity (Wildman–Crippen MR) is 130 cm³/mol. The molecule has 3 N–H and O–H groups in total. The minimum atomic E-state index is -0.318. The molecule has 154 valence electrons. The van der Waals surface area contributed by atoms with Crippen molar-refractivity contribution in [3.63, 3.8) is 0 Å². The molecule has 3 aromatic carbocycles. The van der Waals surface area contributed by atoms with Crippen LogP contribution in [0.15, 0.2) is 78.9 Å². The zero-order valence-corrected chi connectivity index (χ0v) is 18.1.